The number of piperidine rings is 1. The van der Waals surface area contributed by atoms with Gasteiger partial charge in [-0.05, 0) is 30.7 Å². The van der Waals surface area contributed by atoms with Crippen LogP contribution in [0, 0.1) is 11.8 Å². The Kier molecular flexibility index (Phi) is 5.61. The Balaban J connectivity index is 1.48. The molecule has 0 amide bonds. The predicted molar refractivity (Wildman–Crippen MR) is 118 cm³/mol. The smallest absolute Gasteiger partial charge is 0.231 e. The van der Waals surface area contributed by atoms with Crippen LogP contribution in [0.2, 0.25) is 5.02 Å². The molecule has 2 unspecified atom stereocenters. The van der Waals surface area contributed by atoms with Crippen molar-refractivity contribution in [3.05, 3.63) is 57.3 Å². The Morgan fingerprint density at radius 3 is 2.75 bits per heavy atom. The molecular weight excluding hydrogens is 430 g/mol. The minimum absolute atomic E-state index is 0.0863. The highest BCUT2D eigenvalue weighted by Gasteiger charge is 2.33. The highest BCUT2D eigenvalue weighted by Crippen LogP contribution is 2.40. The largest absolute Gasteiger partial charge is 0.872 e. The molecule has 5 rings (SSSR count). The van der Waals surface area contributed by atoms with Crippen LogP contribution in [0.1, 0.15) is 47.3 Å². The zero-order valence-corrected chi connectivity index (χ0v) is 19.0. The van der Waals surface area contributed by atoms with Crippen LogP contribution in [0.15, 0.2) is 30.0 Å². The van der Waals surface area contributed by atoms with Crippen LogP contribution in [0.25, 0.3) is 6.08 Å². The van der Waals surface area contributed by atoms with E-state index in [1.807, 2.05) is 0 Å². The van der Waals surface area contributed by atoms with Gasteiger partial charge in [0.15, 0.2) is 12.6 Å². The van der Waals surface area contributed by atoms with Gasteiger partial charge in [-0.1, -0.05) is 37.3 Å². The van der Waals surface area contributed by atoms with Crippen LogP contribution in [0.4, 0.5) is 0 Å². The number of quaternary nitrogens is 1. The highest BCUT2D eigenvalue weighted by molar-refractivity contribution is 6.31. The van der Waals surface area contributed by atoms with Gasteiger partial charge < -0.3 is 24.2 Å². The summed E-state index contributed by atoms with van der Waals surface area (Å²) in [5.74, 6) is 2.09. The molecule has 3 aliphatic heterocycles. The molecule has 168 valence electrons. The average molecular weight is 456 g/mol. The molecule has 2 aromatic carbocycles. The summed E-state index contributed by atoms with van der Waals surface area (Å²) in [6.07, 6.45) is 2.85. The van der Waals surface area contributed by atoms with Gasteiger partial charge in [-0.3, -0.25) is 4.79 Å². The Morgan fingerprint density at radius 1 is 1.19 bits per heavy atom. The number of ketones is 1. The second-order valence-corrected chi connectivity index (χ2v) is 9.67. The number of fused-ring (bicyclic) bond motifs is 2. The normalized spacial score (nSPS) is 25.8. The van der Waals surface area contributed by atoms with Crippen molar-refractivity contribution in [2.75, 3.05) is 19.9 Å². The fourth-order valence-corrected chi connectivity index (χ4v) is 5.48. The molecule has 3 aliphatic rings. The number of hydrogen-bond donors (Lipinski definition) is 1. The maximum atomic E-state index is 13.1. The van der Waals surface area contributed by atoms with Crippen molar-refractivity contribution in [1.29, 1.82) is 0 Å². The average Bonchev–Trinajstić information content (AvgIpc) is 3.05. The summed E-state index contributed by atoms with van der Waals surface area (Å²) in [6, 6.07) is 6.57. The number of carbonyl (C=O) groups is 1. The number of halogens is 1. The molecule has 0 spiro atoms. The molecule has 0 bridgehead atoms. The van der Waals surface area contributed by atoms with Gasteiger partial charge in [0.05, 0.1) is 25.3 Å². The van der Waals surface area contributed by atoms with Gasteiger partial charge in [-0.25, -0.2) is 0 Å². The van der Waals surface area contributed by atoms with Gasteiger partial charge in [-0.15, -0.1) is 0 Å². The lowest BCUT2D eigenvalue weighted by molar-refractivity contribution is -0.925. The number of nitrogens with one attached hydrogen (secondary N) is 1. The first-order chi connectivity index (χ1) is 15.4. The fourth-order valence-electron chi connectivity index (χ4n) is 5.23. The Labute approximate surface area is 192 Å². The number of Topliss-reactive ketones (excluding diaryl/α,β-unsaturated/α-hetero) is 1. The summed E-state index contributed by atoms with van der Waals surface area (Å²) in [5.41, 5.74) is 2.48. The molecule has 2 aromatic rings. The molecule has 32 heavy (non-hydrogen) atoms. The molecule has 0 saturated carbocycles. The zero-order chi connectivity index (χ0) is 22.4. The van der Waals surface area contributed by atoms with E-state index in [9.17, 15) is 9.90 Å². The molecule has 7 heteroatoms. The minimum Gasteiger partial charge on any atom is -0.872 e. The van der Waals surface area contributed by atoms with Crippen molar-refractivity contribution in [3.63, 3.8) is 0 Å². The van der Waals surface area contributed by atoms with E-state index in [4.69, 9.17) is 25.8 Å². The van der Waals surface area contributed by atoms with Gasteiger partial charge in [0.2, 0.25) is 5.78 Å². The van der Waals surface area contributed by atoms with E-state index >= 15 is 0 Å². The third-order valence-corrected chi connectivity index (χ3v) is 6.61. The van der Waals surface area contributed by atoms with E-state index < -0.39 is 0 Å². The van der Waals surface area contributed by atoms with Gasteiger partial charge >= 0.3 is 0 Å². The molecule has 1 saturated heterocycles. The zero-order valence-electron chi connectivity index (χ0n) is 18.2. The van der Waals surface area contributed by atoms with Crippen LogP contribution in [0.5, 0.6) is 17.2 Å². The maximum absolute atomic E-state index is 13.1. The molecular formula is C25H26ClNO5. The van der Waals surface area contributed by atoms with Gasteiger partial charge in [-0.2, -0.15) is 0 Å². The summed E-state index contributed by atoms with van der Waals surface area (Å²) in [4.78, 5) is 14.5. The molecule has 6 nitrogen and oxygen atoms in total. The SMILES string of the molecule is CC1CC(C)C[NH+](Cc2c([O-])ccc3c2O/C(=C\c2cc(Cl)cc4c2OCOC4)C3=O)C1. The molecule has 2 atom stereocenters. The second kappa shape index (κ2) is 8.43. The number of likely N-dealkylation sites (tertiary alicyclic amines) is 1. The van der Waals surface area contributed by atoms with E-state index in [2.05, 4.69) is 13.8 Å². The predicted octanol–water partition coefficient (Wildman–Crippen LogP) is 2.96. The molecule has 3 heterocycles. The summed E-state index contributed by atoms with van der Waals surface area (Å²) < 4.78 is 17.0. The summed E-state index contributed by atoms with van der Waals surface area (Å²) in [7, 11) is 0. The van der Waals surface area contributed by atoms with E-state index in [0.717, 1.165) is 18.7 Å². The first-order valence-electron chi connectivity index (χ1n) is 11.0. The van der Waals surface area contributed by atoms with Crippen LogP contribution in [-0.4, -0.2) is 25.7 Å². The van der Waals surface area contributed by atoms with Crippen molar-refractivity contribution < 1.29 is 29.0 Å². The third-order valence-electron chi connectivity index (χ3n) is 6.39. The van der Waals surface area contributed by atoms with Gasteiger partial charge in [0.25, 0.3) is 0 Å². The first-order valence-corrected chi connectivity index (χ1v) is 11.4. The van der Waals surface area contributed by atoms with Crippen molar-refractivity contribution in [1.82, 2.24) is 0 Å². The lowest BCUT2D eigenvalue weighted by Crippen LogP contribution is -3.13. The lowest BCUT2D eigenvalue weighted by Gasteiger charge is -2.33. The molecule has 1 N–H and O–H groups in total. The van der Waals surface area contributed by atoms with Crippen molar-refractivity contribution in [2.24, 2.45) is 11.8 Å². The standard InChI is InChI=1S/C25H26ClNO5/c1-14-5-15(2)10-27(9-14)11-20-21(28)4-3-19-23(29)22(32-25(19)20)8-16-6-18(26)7-17-12-30-13-31-24(16)17/h3-4,6-8,14-15,28H,5,9-13H2,1-2H3/b22-8-. The fraction of sp³-hybridized carbons (Fsp3) is 0.400. The third kappa shape index (κ3) is 3.98. The van der Waals surface area contributed by atoms with Crippen LogP contribution in [0.3, 0.4) is 0 Å². The molecule has 0 radical (unpaired) electrons. The molecule has 0 aromatic heterocycles. The number of benzene rings is 2. The van der Waals surface area contributed by atoms with E-state index in [-0.39, 0.29) is 24.1 Å². The monoisotopic (exact) mass is 455 g/mol. The number of carbonyl (C=O) groups excluding carboxylic acids is 1. The number of hydrogen-bond acceptors (Lipinski definition) is 5. The van der Waals surface area contributed by atoms with Gasteiger partial charge in [0, 0.05) is 33.5 Å². The van der Waals surface area contributed by atoms with Crippen LogP contribution < -0.4 is 19.5 Å². The van der Waals surface area contributed by atoms with Crippen LogP contribution >= 0.6 is 11.6 Å². The minimum atomic E-state index is -0.239. The van der Waals surface area contributed by atoms with E-state index in [1.165, 1.54) is 17.4 Å². The van der Waals surface area contributed by atoms with E-state index in [0.29, 0.717) is 58.2 Å². The van der Waals surface area contributed by atoms with Crippen molar-refractivity contribution in [3.8, 4) is 17.2 Å². The maximum Gasteiger partial charge on any atom is 0.231 e. The van der Waals surface area contributed by atoms with Gasteiger partial charge in [0.1, 0.15) is 18.0 Å². The molecule has 1 fully saturated rings. The summed E-state index contributed by atoms with van der Waals surface area (Å²) in [5, 5.41) is 13.3. The summed E-state index contributed by atoms with van der Waals surface area (Å²) in [6.45, 7) is 7.62. The first kappa shape index (κ1) is 21.3. The Morgan fingerprint density at radius 2 is 1.97 bits per heavy atom. The van der Waals surface area contributed by atoms with Crippen molar-refractivity contribution >= 4 is 23.5 Å². The number of ether oxygens (including phenoxy) is 3. The topological polar surface area (TPSA) is 72.3 Å². The van der Waals surface area contributed by atoms with E-state index in [1.54, 1.807) is 24.3 Å². The molecule has 0 aliphatic carbocycles. The summed E-state index contributed by atoms with van der Waals surface area (Å²) >= 11 is 6.26. The second-order valence-electron chi connectivity index (χ2n) is 9.23. The number of allylic oxidation sites excluding steroid dienone is 1. The van der Waals surface area contributed by atoms with Crippen molar-refractivity contribution in [2.45, 2.75) is 33.4 Å². The quantitative estimate of drug-likeness (QED) is 0.720. The Bertz CT molecular complexity index is 1100. The number of rotatable bonds is 3. The lowest BCUT2D eigenvalue weighted by atomic mass is 9.91. The highest BCUT2D eigenvalue weighted by atomic mass is 35.5. The van der Waals surface area contributed by atoms with Crippen LogP contribution in [-0.2, 0) is 17.9 Å². The Hall–Kier alpha value is -2.54.